The van der Waals surface area contributed by atoms with Crippen LogP contribution >= 0.6 is 15.9 Å². The molecule has 4 aromatic rings. The third-order valence-electron chi connectivity index (χ3n) is 5.18. The second-order valence-electron chi connectivity index (χ2n) is 7.59. The minimum absolute atomic E-state index is 0.0260. The van der Waals surface area contributed by atoms with E-state index < -0.39 is 0 Å². The number of anilines is 1. The molecule has 7 heteroatoms. The van der Waals surface area contributed by atoms with Crippen LogP contribution < -0.4 is 20.2 Å². The fraction of sp³-hybridized carbons (Fsp3) is 0.154. The topological polar surface area (TPSA) is 77.8 Å². The van der Waals surface area contributed by atoms with Crippen molar-refractivity contribution in [2.45, 2.75) is 13.8 Å². The van der Waals surface area contributed by atoms with E-state index in [1.165, 1.54) is 0 Å². The van der Waals surface area contributed by atoms with Crippen molar-refractivity contribution in [2.24, 2.45) is 0 Å². The average Bonchev–Trinajstić information content (AvgIpc) is 2.80. The summed E-state index contributed by atoms with van der Waals surface area (Å²) in [6, 6.07) is 18.0. The maximum atomic E-state index is 13.2. The Morgan fingerprint density at radius 1 is 1.06 bits per heavy atom. The Morgan fingerprint density at radius 3 is 2.61 bits per heavy atom. The van der Waals surface area contributed by atoms with Crippen LogP contribution in [0.5, 0.6) is 11.5 Å². The molecule has 6 nitrogen and oxygen atoms in total. The number of methoxy groups -OCH3 is 1. The van der Waals surface area contributed by atoms with E-state index in [-0.39, 0.29) is 29.5 Å². The molecule has 1 aromatic heterocycles. The number of carbonyl (C=O) groups excluding carboxylic acids is 1. The molecule has 168 valence electrons. The molecule has 0 fully saturated rings. The van der Waals surface area contributed by atoms with Crippen LogP contribution in [-0.2, 0) is 4.79 Å². The lowest BCUT2D eigenvalue weighted by Gasteiger charge is -2.13. The van der Waals surface area contributed by atoms with E-state index in [0.717, 1.165) is 11.1 Å². The van der Waals surface area contributed by atoms with Gasteiger partial charge in [-0.15, -0.1) is 0 Å². The molecule has 0 bridgehead atoms. The van der Waals surface area contributed by atoms with Gasteiger partial charge in [-0.05, 0) is 77.3 Å². The summed E-state index contributed by atoms with van der Waals surface area (Å²) in [5.74, 6) is 0.471. The van der Waals surface area contributed by atoms with Gasteiger partial charge in [-0.1, -0.05) is 24.3 Å². The normalized spacial score (nSPS) is 10.8. The van der Waals surface area contributed by atoms with Gasteiger partial charge in [-0.3, -0.25) is 9.59 Å². The molecule has 0 radical (unpaired) electrons. The van der Waals surface area contributed by atoms with E-state index >= 15 is 0 Å². The number of nitrogens with one attached hydrogen (secondary N) is 1. The van der Waals surface area contributed by atoms with Crippen molar-refractivity contribution >= 4 is 38.5 Å². The Kier molecular flexibility index (Phi) is 6.51. The number of rotatable bonds is 6. The first kappa shape index (κ1) is 22.6. The quantitative estimate of drug-likeness (QED) is 0.353. The minimum atomic E-state index is -0.377. The van der Waals surface area contributed by atoms with Crippen molar-refractivity contribution in [3.63, 3.8) is 0 Å². The highest BCUT2D eigenvalue weighted by Gasteiger charge is 2.20. The lowest BCUT2D eigenvalue weighted by molar-refractivity contribution is -0.118. The van der Waals surface area contributed by atoms with Crippen LogP contribution in [0.2, 0.25) is 0 Å². The summed E-state index contributed by atoms with van der Waals surface area (Å²) in [5.41, 5.74) is 3.35. The van der Waals surface area contributed by atoms with Crippen molar-refractivity contribution in [1.82, 2.24) is 0 Å². The first-order valence-corrected chi connectivity index (χ1v) is 11.1. The van der Waals surface area contributed by atoms with Gasteiger partial charge in [0.25, 0.3) is 5.91 Å². The number of aryl methyl sites for hydroxylation is 2. The van der Waals surface area contributed by atoms with Crippen LogP contribution in [0.3, 0.4) is 0 Å². The highest BCUT2D eigenvalue weighted by molar-refractivity contribution is 9.10. The average molecular weight is 508 g/mol. The van der Waals surface area contributed by atoms with Crippen molar-refractivity contribution < 1.29 is 18.7 Å². The van der Waals surface area contributed by atoms with Crippen molar-refractivity contribution in [3.8, 4) is 22.8 Å². The fourth-order valence-corrected chi connectivity index (χ4v) is 3.99. The molecule has 0 aliphatic rings. The summed E-state index contributed by atoms with van der Waals surface area (Å²) in [6.07, 6.45) is 0. The number of para-hydroxylation sites is 1. The van der Waals surface area contributed by atoms with Crippen LogP contribution in [0.1, 0.15) is 11.1 Å². The summed E-state index contributed by atoms with van der Waals surface area (Å²) >= 11 is 3.46. The second-order valence-corrected chi connectivity index (χ2v) is 8.44. The van der Waals surface area contributed by atoms with E-state index in [1.54, 1.807) is 49.6 Å². The number of amides is 1. The zero-order valence-electron chi connectivity index (χ0n) is 18.4. The van der Waals surface area contributed by atoms with Gasteiger partial charge in [0.2, 0.25) is 11.2 Å². The lowest BCUT2D eigenvalue weighted by atomic mass is 10.1. The van der Waals surface area contributed by atoms with E-state index in [1.807, 2.05) is 32.0 Å². The Morgan fingerprint density at radius 2 is 1.85 bits per heavy atom. The molecule has 0 saturated heterocycles. The molecule has 3 aromatic carbocycles. The van der Waals surface area contributed by atoms with Crippen molar-refractivity contribution in [3.05, 3.63) is 86.5 Å². The Balaban J connectivity index is 1.70. The fourth-order valence-electron chi connectivity index (χ4n) is 3.45. The van der Waals surface area contributed by atoms with Crippen molar-refractivity contribution in [2.75, 3.05) is 19.0 Å². The zero-order valence-corrected chi connectivity index (χ0v) is 20.0. The van der Waals surface area contributed by atoms with E-state index in [4.69, 9.17) is 13.9 Å². The van der Waals surface area contributed by atoms with Gasteiger partial charge in [-0.2, -0.15) is 0 Å². The van der Waals surface area contributed by atoms with E-state index in [0.29, 0.717) is 32.4 Å². The first-order chi connectivity index (χ1) is 15.9. The molecule has 1 amide bonds. The summed E-state index contributed by atoms with van der Waals surface area (Å²) in [7, 11) is 1.57. The van der Waals surface area contributed by atoms with Gasteiger partial charge < -0.3 is 19.2 Å². The van der Waals surface area contributed by atoms with Crippen LogP contribution in [-0.4, -0.2) is 19.6 Å². The van der Waals surface area contributed by atoms with Crippen LogP contribution in [0.25, 0.3) is 22.3 Å². The number of hydrogen-bond donors (Lipinski definition) is 1. The summed E-state index contributed by atoms with van der Waals surface area (Å²) in [6.45, 7) is 3.51. The molecule has 33 heavy (non-hydrogen) atoms. The predicted molar refractivity (Wildman–Crippen MR) is 132 cm³/mol. The number of hydrogen-bond acceptors (Lipinski definition) is 5. The molecule has 0 aliphatic heterocycles. The lowest BCUT2D eigenvalue weighted by Crippen LogP contribution is -2.23. The molecule has 4 rings (SSSR count). The number of benzene rings is 3. The summed E-state index contributed by atoms with van der Waals surface area (Å²) < 4.78 is 17.8. The number of fused-ring (bicyclic) bond motifs is 1. The number of halogens is 1. The molecule has 0 unspecified atom stereocenters. The van der Waals surface area contributed by atoms with Crippen molar-refractivity contribution in [1.29, 1.82) is 0 Å². The minimum Gasteiger partial charge on any atom is -0.496 e. The molecule has 0 aliphatic carbocycles. The highest BCUT2D eigenvalue weighted by atomic mass is 79.9. The molecular formula is C26H22BrNO5. The molecular weight excluding hydrogens is 486 g/mol. The van der Waals surface area contributed by atoms with Gasteiger partial charge in [0.1, 0.15) is 11.3 Å². The van der Waals surface area contributed by atoms with Gasteiger partial charge >= 0.3 is 0 Å². The van der Waals surface area contributed by atoms with E-state index in [2.05, 4.69) is 21.2 Å². The van der Waals surface area contributed by atoms with Crippen LogP contribution in [0.4, 0.5) is 5.69 Å². The van der Waals surface area contributed by atoms with Gasteiger partial charge in [-0.25, -0.2) is 0 Å². The SMILES string of the molecule is COc1ccc(-c2oc3ccccc3c(=O)c2OCC(=O)Nc2cc(C)ccc2C)cc1Br. The van der Waals surface area contributed by atoms with Gasteiger partial charge in [0.05, 0.1) is 17.0 Å². The number of carbonyl (C=O) groups is 1. The van der Waals surface area contributed by atoms with Gasteiger partial charge in [0, 0.05) is 11.3 Å². The maximum absolute atomic E-state index is 13.2. The first-order valence-electron chi connectivity index (χ1n) is 10.3. The summed E-state index contributed by atoms with van der Waals surface area (Å²) in [5, 5.41) is 3.21. The summed E-state index contributed by atoms with van der Waals surface area (Å²) in [4.78, 5) is 25.9. The monoisotopic (exact) mass is 507 g/mol. The van der Waals surface area contributed by atoms with E-state index in [9.17, 15) is 9.59 Å². The third-order valence-corrected chi connectivity index (χ3v) is 5.80. The predicted octanol–water partition coefficient (Wildman–Crippen LogP) is 5.87. The Labute approximate surface area is 199 Å². The molecule has 1 N–H and O–H groups in total. The number of ether oxygens (including phenoxy) is 2. The zero-order chi connectivity index (χ0) is 23.5. The third kappa shape index (κ3) is 4.78. The molecule has 0 saturated carbocycles. The maximum Gasteiger partial charge on any atom is 0.262 e. The Bertz CT molecular complexity index is 1410. The smallest absolute Gasteiger partial charge is 0.262 e. The van der Waals surface area contributed by atoms with Crippen LogP contribution in [0, 0.1) is 13.8 Å². The van der Waals surface area contributed by atoms with Gasteiger partial charge in [0.15, 0.2) is 12.4 Å². The largest absolute Gasteiger partial charge is 0.496 e. The standard InChI is InChI=1S/C26H22BrNO5/c1-15-8-9-16(2)20(12-15)28-23(29)14-32-26-24(30)18-6-4-5-7-21(18)33-25(26)17-10-11-22(31-3)19(27)13-17/h4-13H,14H2,1-3H3,(H,28,29). The highest BCUT2D eigenvalue weighted by Crippen LogP contribution is 2.35. The second kappa shape index (κ2) is 9.50. The molecule has 1 heterocycles. The molecule has 0 spiro atoms. The molecule has 0 atom stereocenters. The van der Waals surface area contributed by atoms with Crippen LogP contribution in [0.15, 0.2) is 74.3 Å². The Hall–Kier alpha value is -3.58.